The normalized spacial score (nSPS) is 17.5. The summed E-state index contributed by atoms with van der Waals surface area (Å²) in [5, 5.41) is 10.1. The summed E-state index contributed by atoms with van der Waals surface area (Å²) in [7, 11) is 0. The molecule has 2 rings (SSSR count). The largest absolute Gasteiger partial charge is 0.348 e. The average Bonchev–Trinajstić information content (AvgIpc) is 2.74. The fourth-order valence-electron chi connectivity index (χ4n) is 2.45. The van der Waals surface area contributed by atoms with Gasteiger partial charge in [-0.15, -0.1) is 11.3 Å². The monoisotopic (exact) mass is 277 g/mol. The van der Waals surface area contributed by atoms with Crippen molar-refractivity contribution in [1.29, 1.82) is 5.26 Å². The van der Waals surface area contributed by atoms with Gasteiger partial charge < -0.3 is 4.90 Å². The van der Waals surface area contributed by atoms with Crippen LogP contribution in [0.15, 0.2) is 0 Å². The Morgan fingerprint density at radius 1 is 1.37 bits per heavy atom. The Balaban J connectivity index is 2.25. The van der Waals surface area contributed by atoms with Crippen molar-refractivity contribution < 1.29 is 0 Å². The van der Waals surface area contributed by atoms with E-state index in [1.807, 2.05) is 0 Å². The quantitative estimate of drug-likeness (QED) is 0.826. The molecule has 0 aromatic carbocycles. The highest BCUT2D eigenvalue weighted by atomic mass is 32.1. The zero-order chi connectivity index (χ0) is 14.0. The van der Waals surface area contributed by atoms with Crippen LogP contribution >= 0.6 is 11.3 Å². The summed E-state index contributed by atoms with van der Waals surface area (Å²) >= 11 is 1.71. The van der Waals surface area contributed by atoms with E-state index in [2.05, 4.69) is 38.7 Å². The van der Waals surface area contributed by atoms with Gasteiger partial charge in [-0.05, 0) is 18.8 Å². The SMILES string of the molecule is CC1CCN(c2nc(C(C)(C)C)c(CC#N)s2)CC1. The molecule has 1 aromatic heterocycles. The molecule has 19 heavy (non-hydrogen) atoms. The smallest absolute Gasteiger partial charge is 0.185 e. The van der Waals surface area contributed by atoms with Gasteiger partial charge in [0.05, 0.1) is 18.2 Å². The molecule has 104 valence electrons. The van der Waals surface area contributed by atoms with Crippen molar-refractivity contribution in [3.05, 3.63) is 10.6 Å². The number of nitriles is 1. The Hall–Kier alpha value is -1.08. The van der Waals surface area contributed by atoms with E-state index in [9.17, 15) is 0 Å². The highest BCUT2D eigenvalue weighted by Crippen LogP contribution is 2.35. The number of aromatic nitrogens is 1. The second kappa shape index (κ2) is 5.50. The standard InChI is InChI=1S/C15H23N3S/c1-11-6-9-18(10-7-11)14-17-13(15(2,3)4)12(19-14)5-8-16/h11H,5-7,9-10H2,1-4H3. The lowest BCUT2D eigenvalue weighted by molar-refractivity contribution is 0.437. The van der Waals surface area contributed by atoms with Crippen molar-refractivity contribution in [1.82, 2.24) is 4.98 Å². The Labute approximate surface area is 120 Å². The lowest BCUT2D eigenvalue weighted by Gasteiger charge is -2.30. The maximum absolute atomic E-state index is 8.98. The van der Waals surface area contributed by atoms with E-state index in [0.717, 1.165) is 34.7 Å². The van der Waals surface area contributed by atoms with Crippen LogP contribution in [0.3, 0.4) is 0 Å². The summed E-state index contributed by atoms with van der Waals surface area (Å²) < 4.78 is 0. The Morgan fingerprint density at radius 3 is 2.53 bits per heavy atom. The Bertz CT molecular complexity index is 471. The number of anilines is 1. The fourth-order valence-corrected chi connectivity index (χ4v) is 3.71. The predicted molar refractivity (Wildman–Crippen MR) is 80.7 cm³/mol. The second-order valence-electron chi connectivity index (χ2n) is 6.52. The molecule has 0 N–H and O–H groups in total. The van der Waals surface area contributed by atoms with Gasteiger partial charge in [-0.2, -0.15) is 5.26 Å². The molecule has 1 aromatic rings. The van der Waals surface area contributed by atoms with Gasteiger partial charge in [-0.1, -0.05) is 27.7 Å². The maximum atomic E-state index is 8.98. The van der Waals surface area contributed by atoms with E-state index in [1.54, 1.807) is 11.3 Å². The zero-order valence-corrected chi connectivity index (χ0v) is 13.2. The van der Waals surface area contributed by atoms with Crippen LogP contribution in [0.25, 0.3) is 0 Å². The van der Waals surface area contributed by atoms with E-state index in [1.165, 1.54) is 12.8 Å². The molecule has 0 saturated carbocycles. The molecule has 3 nitrogen and oxygen atoms in total. The predicted octanol–water partition coefficient (Wildman–Crippen LogP) is 3.74. The summed E-state index contributed by atoms with van der Waals surface area (Å²) in [6.07, 6.45) is 2.98. The van der Waals surface area contributed by atoms with Crippen LogP contribution in [-0.4, -0.2) is 18.1 Å². The molecule has 0 radical (unpaired) electrons. The summed E-state index contributed by atoms with van der Waals surface area (Å²) in [5.41, 5.74) is 1.12. The molecule has 1 aliphatic rings. The molecule has 0 spiro atoms. The molecule has 0 amide bonds. The van der Waals surface area contributed by atoms with E-state index in [4.69, 9.17) is 10.2 Å². The van der Waals surface area contributed by atoms with Gasteiger partial charge in [0, 0.05) is 23.4 Å². The van der Waals surface area contributed by atoms with Gasteiger partial charge in [-0.3, -0.25) is 0 Å². The minimum absolute atomic E-state index is 0.0179. The number of hydrogen-bond donors (Lipinski definition) is 0. The third kappa shape index (κ3) is 3.27. The molecule has 1 aliphatic heterocycles. The van der Waals surface area contributed by atoms with Gasteiger partial charge in [0.1, 0.15) is 0 Å². The van der Waals surface area contributed by atoms with Gasteiger partial charge in [0.15, 0.2) is 5.13 Å². The molecule has 0 aliphatic carbocycles. The highest BCUT2D eigenvalue weighted by molar-refractivity contribution is 7.15. The molecular formula is C15H23N3S. The number of piperidine rings is 1. The minimum atomic E-state index is 0.0179. The van der Waals surface area contributed by atoms with Crippen molar-refractivity contribution in [2.45, 2.75) is 52.4 Å². The Morgan fingerprint density at radius 2 is 2.00 bits per heavy atom. The molecule has 1 saturated heterocycles. The summed E-state index contributed by atoms with van der Waals surface area (Å²) in [4.78, 5) is 8.37. The third-order valence-electron chi connectivity index (χ3n) is 3.69. The van der Waals surface area contributed by atoms with Crippen molar-refractivity contribution in [2.24, 2.45) is 5.92 Å². The van der Waals surface area contributed by atoms with Gasteiger partial charge in [0.2, 0.25) is 0 Å². The molecule has 2 heterocycles. The number of nitrogens with zero attached hydrogens (tertiary/aromatic N) is 3. The van der Waals surface area contributed by atoms with Crippen LogP contribution in [0, 0.1) is 17.2 Å². The van der Waals surface area contributed by atoms with Gasteiger partial charge in [0.25, 0.3) is 0 Å². The van der Waals surface area contributed by atoms with Gasteiger partial charge >= 0.3 is 0 Å². The summed E-state index contributed by atoms with van der Waals surface area (Å²) in [5.74, 6) is 0.830. The fraction of sp³-hybridized carbons (Fsp3) is 0.733. The van der Waals surface area contributed by atoms with E-state index < -0.39 is 0 Å². The van der Waals surface area contributed by atoms with E-state index >= 15 is 0 Å². The molecule has 0 atom stereocenters. The zero-order valence-electron chi connectivity index (χ0n) is 12.4. The second-order valence-corrected chi connectivity index (χ2v) is 7.58. The first-order chi connectivity index (χ1) is 8.91. The number of hydrogen-bond acceptors (Lipinski definition) is 4. The van der Waals surface area contributed by atoms with Crippen LogP contribution in [0.1, 0.15) is 51.1 Å². The average molecular weight is 277 g/mol. The maximum Gasteiger partial charge on any atom is 0.185 e. The lowest BCUT2D eigenvalue weighted by Crippen LogP contribution is -2.32. The third-order valence-corrected chi connectivity index (χ3v) is 4.81. The van der Waals surface area contributed by atoms with E-state index in [-0.39, 0.29) is 5.41 Å². The first-order valence-electron chi connectivity index (χ1n) is 7.04. The number of rotatable bonds is 2. The number of thiazole rings is 1. The van der Waals surface area contributed by atoms with Crippen molar-refractivity contribution in [3.63, 3.8) is 0 Å². The molecular weight excluding hydrogens is 254 g/mol. The molecule has 0 bridgehead atoms. The van der Waals surface area contributed by atoms with Crippen LogP contribution < -0.4 is 4.90 Å². The summed E-state index contributed by atoms with van der Waals surface area (Å²) in [6, 6.07) is 2.27. The van der Waals surface area contributed by atoms with Crippen molar-refractivity contribution >= 4 is 16.5 Å². The van der Waals surface area contributed by atoms with E-state index in [0.29, 0.717) is 6.42 Å². The topological polar surface area (TPSA) is 39.9 Å². The lowest BCUT2D eigenvalue weighted by atomic mass is 9.91. The Kier molecular flexibility index (Phi) is 4.15. The van der Waals surface area contributed by atoms with Crippen molar-refractivity contribution in [2.75, 3.05) is 18.0 Å². The van der Waals surface area contributed by atoms with Gasteiger partial charge in [-0.25, -0.2) is 4.98 Å². The van der Waals surface area contributed by atoms with Crippen molar-refractivity contribution in [3.8, 4) is 6.07 Å². The van der Waals surface area contributed by atoms with Crippen LogP contribution in [0.2, 0.25) is 0 Å². The molecule has 4 heteroatoms. The highest BCUT2D eigenvalue weighted by Gasteiger charge is 2.26. The van der Waals surface area contributed by atoms with Crippen LogP contribution in [0.4, 0.5) is 5.13 Å². The molecule has 0 unspecified atom stereocenters. The summed E-state index contributed by atoms with van der Waals surface area (Å²) in [6.45, 7) is 11.0. The van der Waals surface area contributed by atoms with Crippen LogP contribution in [-0.2, 0) is 11.8 Å². The minimum Gasteiger partial charge on any atom is -0.348 e. The molecule has 1 fully saturated rings. The first kappa shape index (κ1) is 14.3. The first-order valence-corrected chi connectivity index (χ1v) is 7.85. The van der Waals surface area contributed by atoms with Crippen LogP contribution in [0.5, 0.6) is 0 Å².